The number of nitrogens with zero attached hydrogens (tertiary/aromatic N) is 2. The summed E-state index contributed by atoms with van der Waals surface area (Å²) in [5, 5.41) is 12.9. The lowest BCUT2D eigenvalue weighted by Crippen LogP contribution is -2.54. The molecule has 19 heavy (non-hydrogen) atoms. The van der Waals surface area contributed by atoms with E-state index in [1.165, 1.54) is 17.8 Å². The first kappa shape index (κ1) is 13.5. The second-order valence-electron chi connectivity index (χ2n) is 6.03. The van der Waals surface area contributed by atoms with Crippen LogP contribution in [0.25, 0.3) is 0 Å². The van der Waals surface area contributed by atoms with Crippen LogP contribution in [0.5, 0.6) is 0 Å². The van der Waals surface area contributed by atoms with Crippen LogP contribution in [0.2, 0.25) is 0 Å². The van der Waals surface area contributed by atoms with Gasteiger partial charge in [0.25, 0.3) is 0 Å². The van der Waals surface area contributed by atoms with Gasteiger partial charge < -0.3 is 14.7 Å². The molecule has 2 fully saturated rings. The molecule has 2 saturated heterocycles. The Morgan fingerprint density at radius 1 is 1.47 bits per heavy atom. The monoisotopic (exact) mass is 282 g/mol. The van der Waals surface area contributed by atoms with E-state index in [2.05, 4.69) is 22.2 Å². The maximum atomic E-state index is 9.48. The first-order chi connectivity index (χ1) is 9.21. The van der Waals surface area contributed by atoms with Gasteiger partial charge in [-0.15, -0.1) is 11.3 Å². The normalized spacial score (nSPS) is 24.3. The molecule has 3 rings (SSSR count). The van der Waals surface area contributed by atoms with Crippen LogP contribution in [0, 0.1) is 12.3 Å². The topological polar surface area (TPSA) is 45.6 Å². The largest absolute Gasteiger partial charge is 0.396 e. The van der Waals surface area contributed by atoms with Gasteiger partial charge in [-0.2, -0.15) is 0 Å². The smallest absolute Gasteiger partial charge is 0.0960 e. The molecule has 106 valence electrons. The van der Waals surface area contributed by atoms with E-state index < -0.39 is 0 Å². The molecule has 0 aliphatic carbocycles. The second kappa shape index (κ2) is 5.48. The van der Waals surface area contributed by atoms with Crippen molar-refractivity contribution in [3.8, 4) is 0 Å². The van der Waals surface area contributed by atoms with Crippen LogP contribution >= 0.6 is 11.3 Å². The lowest BCUT2D eigenvalue weighted by atomic mass is 9.85. The lowest BCUT2D eigenvalue weighted by Gasteiger charge is -2.44. The Balaban J connectivity index is 1.52. The number of ether oxygens (including phenoxy) is 1. The van der Waals surface area contributed by atoms with Crippen LogP contribution in [0.15, 0.2) is 5.38 Å². The van der Waals surface area contributed by atoms with Crippen LogP contribution in [0.3, 0.4) is 0 Å². The maximum absolute atomic E-state index is 9.48. The molecule has 0 unspecified atom stereocenters. The Labute approximate surface area is 118 Å². The number of hydrogen-bond acceptors (Lipinski definition) is 5. The number of thiazole rings is 1. The van der Waals surface area contributed by atoms with Gasteiger partial charge in [0, 0.05) is 23.5 Å². The van der Waals surface area contributed by atoms with Crippen molar-refractivity contribution >= 4 is 11.3 Å². The molecular weight excluding hydrogens is 260 g/mol. The number of hydrogen-bond donors (Lipinski definition) is 1. The minimum absolute atomic E-state index is 0.0185. The van der Waals surface area contributed by atoms with E-state index >= 15 is 0 Å². The quantitative estimate of drug-likeness (QED) is 0.912. The molecular formula is C14H22N2O2S. The molecule has 0 bridgehead atoms. The summed E-state index contributed by atoms with van der Waals surface area (Å²) in [7, 11) is 0. The molecule has 2 aliphatic rings. The summed E-state index contributed by atoms with van der Waals surface area (Å²) in [6.07, 6.45) is 2.38. The predicted molar refractivity (Wildman–Crippen MR) is 75.6 cm³/mol. The number of likely N-dealkylation sites (tertiary alicyclic amines) is 1. The van der Waals surface area contributed by atoms with Gasteiger partial charge in [0.15, 0.2) is 0 Å². The fourth-order valence-corrected chi connectivity index (χ4v) is 3.96. The van der Waals surface area contributed by atoms with Crippen molar-refractivity contribution in [2.24, 2.45) is 5.41 Å². The number of aliphatic hydroxyl groups excluding tert-OH is 1. The zero-order valence-electron chi connectivity index (χ0n) is 11.5. The zero-order valence-corrected chi connectivity index (χ0v) is 12.3. The first-order valence-corrected chi connectivity index (χ1v) is 7.92. The van der Waals surface area contributed by atoms with Crippen molar-refractivity contribution in [2.45, 2.75) is 25.7 Å². The molecule has 1 aromatic heterocycles. The Morgan fingerprint density at radius 3 is 2.68 bits per heavy atom. The van der Waals surface area contributed by atoms with Gasteiger partial charge >= 0.3 is 0 Å². The highest BCUT2D eigenvalue weighted by Crippen LogP contribution is 2.33. The summed E-state index contributed by atoms with van der Waals surface area (Å²) < 4.78 is 5.27. The molecule has 5 heteroatoms. The third-order valence-electron chi connectivity index (χ3n) is 4.28. The van der Waals surface area contributed by atoms with E-state index in [0.29, 0.717) is 5.92 Å². The Bertz CT molecular complexity index is 417. The van der Waals surface area contributed by atoms with E-state index in [-0.39, 0.29) is 12.0 Å². The van der Waals surface area contributed by atoms with Crippen LogP contribution in [0.1, 0.15) is 29.5 Å². The van der Waals surface area contributed by atoms with Gasteiger partial charge in [0.05, 0.1) is 30.2 Å². The number of piperidine rings is 1. The summed E-state index contributed by atoms with van der Waals surface area (Å²) >= 11 is 1.80. The summed E-state index contributed by atoms with van der Waals surface area (Å²) in [6, 6.07) is 0. The van der Waals surface area contributed by atoms with E-state index in [9.17, 15) is 5.11 Å². The summed E-state index contributed by atoms with van der Waals surface area (Å²) in [6.45, 7) is 6.96. The average Bonchev–Trinajstić information content (AvgIpc) is 2.81. The van der Waals surface area contributed by atoms with Crippen LogP contribution < -0.4 is 0 Å². The van der Waals surface area contributed by atoms with Crippen molar-refractivity contribution in [1.29, 1.82) is 0 Å². The number of aromatic nitrogens is 1. The molecule has 0 atom stereocenters. The molecule has 3 heterocycles. The van der Waals surface area contributed by atoms with Gasteiger partial charge in [0.1, 0.15) is 0 Å². The van der Waals surface area contributed by atoms with Crippen molar-refractivity contribution in [3.63, 3.8) is 0 Å². The summed E-state index contributed by atoms with van der Waals surface area (Å²) in [4.78, 5) is 7.10. The van der Waals surface area contributed by atoms with Gasteiger partial charge in [0.2, 0.25) is 0 Å². The van der Waals surface area contributed by atoms with Gasteiger partial charge in [-0.1, -0.05) is 0 Å². The van der Waals surface area contributed by atoms with Crippen molar-refractivity contribution in [1.82, 2.24) is 9.88 Å². The molecule has 1 N–H and O–H groups in total. The number of aryl methyl sites for hydroxylation is 1. The Hall–Kier alpha value is -0.490. The predicted octanol–water partition coefficient (Wildman–Crippen LogP) is 1.64. The number of aliphatic hydroxyl groups is 1. The summed E-state index contributed by atoms with van der Waals surface area (Å²) in [5.41, 5.74) is 1.17. The molecule has 2 aliphatic heterocycles. The van der Waals surface area contributed by atoms with E-state index in [1.807, 2.05) is 0 Å². The molecule has 0 saturated carbocycles. The standard InChI is InChI=1S/C14H22N2O2S/c1-11-6-19-13(15-11)12-2-4-16(5-3-12)7-14(8-17)9-18-10-14/h6,12,17H,2-5,7-10H2,1H3. The highest BCUT2D eigenvalue weighted by molar-refractivity contribution is 7.09. The maximum Gasteiger partial charge on any atom is 0.0960 e. The molecule has 4 nitrogen and oxygen atoms in total. The van der Waals surface area contributed by atoms with Gasteiger partial charge in [-0.25, -0.2) is 4.98 Å². The minimum Gasteiger partial charge on any atom is -0.396 e. The van der Waals surface area contributed by atoms with Crippen LogP contribution in [-0.4, -0.2) is 54.4 Å². The van der Waals surface area contributed by atoms with Crippen LogP contribution in [-0.2, 0) is 4.74 Å². The molecule has 0 amide bonds. The Morgan fingerprint density at radius 2 is 2.21 bits per heavy atom. The molecule has 0 aromatic carbocycles. The summed E-state index contributed by atoms with van der Waals surface area (Å²) in [5.74, 6) is 0.637. The van der Waals surface area contributed by atoms with Gasteiger partial charge in [-0.3, -0.25) is 0 Å². The van der Waals surface area contributed by atoms with E-state index in [0.717, 1.165) is 38.5 Å². The number of rotatable bonds is 4. The molecule has 0 spiro atoms. The molecule has 0 radical (unpaired) electrons. The Kier molecular flexibility index (Phi) is 3.89. The van der Waals surface area contributed by atoms with Crippen molar-refractivity contribution in [2.75, 3.05) is 39.5 Å². The van der Waals surface area contributed by atoms with E-state index in [1.54, 1.807) is 11.3 Å². The third kappa shape index (κ3) is 2.84. The lowest BCUT2D eigenvalue weighted by molar-refractivity contribution is -0.149. The van der Waals surface area contributed by atoms with Gasteiger partial charge in [-0.05, 0) is 32.9 Å². The average molecular weight is 282 g/mol. The fraction of sp³-hybridized carbons (Fsp3) is 0.786. The minimum atomic E-state index is 0.0185. The second-order valence-corrected chi connectivity index (χ2v) is 6.92. The molecule has 1 aromatic rings. The third-order valence-corrected chi connectivity index (χ3v) is 5.41. The van der Waals surface area contributed by atoms with Crippen LogP contribution in [0.4, 0.5) is 0 Å². The fourth-order valence-electron chi connectivity index (χ4n) is 3.00. The highest BCUT2D eigenvalue weighted by Gasteiger charge is 2.40. The first-order valence-electron chi connectivity index (χ1n) is 7.04. The zero-order chi connectivity index (χ0) is 13.3. The van der Waals surface area contributed by atoms with Crippen molar-refractivity contribution in [3.05, 3.63) is 16.1 Å². The van der Waals surface area contributed by atoms with E-state index in [4.69, 9.17) is 4.74 Å². The van der Waals surface area contributed by atoms with Crippen molar-refractivity contribution < 1.29 is 9.84 Å². The SMILES string of the molecule is Cc1csc(C2CCN(CC3(CO)COC3)CC2)n1. The highest BCUT2D eigenvalue weighted by atomic mass is 32.1.